The van der Waals surface area contributed by atoms with Gasteiger partial charge in [-0.1, -0.05) is 25.0 Å². The Bertz CT molecular complexity index is 314. The minimum Gasteiger partial charge on any atom is -0.350 e. The van der Waals surface area contributed by atoms with Gasteiger partial charge in [-0.15, -0.1) is 13.2 Å². The summed E-state index contributed by atoms with van der Waals surface area (Å²) in [7, 11) is 0. The molecule has 0 unspecified atom stereocenters. The molecule has 17 heavy (non-hydrogen) atoms. The first-order valence-electron chi connectivity index (χ1n) is 6.52. The van der Waals surface area contributed by atoms with Crippen LogP contribution in [0.4, 0.5) is 0 Å². The summed E-state index contributed by atoms with van der Waals surface area (Å²) in [6.45, 7) is 7.53. The van der Waals surface area contributed by atoms with E-state index in [1.165, 1.54) is 12.8 Å². The van der Waals surface area contributed by atoms with Crippen molar-refractivity contribution < 1.29 is 4.79 Å². The van der Waals surface area contributed by atoms with Gasteiger partial charge < -0.3 is 5.32 Å². The molecule has 0 aromatic carbocycles. The number of piperazine rings is 1. The number of amides is 1. The summed E-state index contributed by atoms with van der Waals surface area (Å²) in [5, 5.41) is 6.75. The van der Waals surface area contributed by atoms with E-state index in [9.17, 15) is 4.79 Å². The molecule has 3 heteroatoms. The van der Waals surface area contributed by atoms with E-state index >= 15 is 0 Å². The summed E-state index contributed by atoms with van der Waals surface area (Å²) in [5.74, 6) is 0.112. The zero-order valence-electron chi connectivity index (χ0n) is 10.4. The molecule has 3 nitrogen and oxygen atoms in total. The average molecular weight is 234 g/mol. The van der Waals surface area contributed by atoms with Crippen molar-refractivity contribution >= 4 is 5.91 Å². The van der Waals surface area contributed by atoms with Crippen molar-refractivity contribution in [3.8, 4) is 0 Å². The minimum absolute atomic E-state index is 0.112. The summed E-state index contributed by atoms with van der Waals surface area (Å²) >= 11 is 0. The topological polar surface area (TPSA) is 41.1 Å². The van der Waals surface area contributed by atoms with Crippen LogP contribution in [0, 0.1) is 0 Å². The van der Waals surface area contributed by atoms with Crippen LogP contribution in [0.15, 0.2) is 25.3 Å². The molecule has 0 spiro atoms. The van der Waals surface area contributed by atoms with Crippen molar-refractivity contribution in [3.05, 3.63) is 25.3 Å². The Hall–Kier alpha value is -1.09. The van der Waals surface area contributed by atoms with Gasteiger partial charge in [0.05, 0.1) is 0 Å². The Labute approximate surface area is 103 Å². The molecule has 1 saturated carbocycles. The molecule has 0 aromatic rings. The molecule has 0 bridgehead atoms. The monoisotopic (exact) mass is 234 g/mol. The van der Waals surface area contributed by atoms with Gasteiger partial charge in [0, 0.05) is 12.1 Å². The molecule has 1 heterocycles. The molecule has 0 radical (unpaired) electrons. The van der Waals surface area contributed by atoms with Crippen molar-refractivity contribution in [3.63, 3.8) is 0 Å². The average Bonchev–Trinajstić information content (AvgIpc) is 2.31. The molecule has 2 N–H and O–H groups in total. The number of carbonyl (C=O) groups is 1. The lowest BCUT2D eigenvalue weighted by molar-refractivity contribution is -0.132. The molecule has 2 atom stereocenters. The van der Waals surface area contributed by atoms with Crippen LogP contribution in [0.5, 0.6) is 0 Å². The van der Waals surface area contributed by atoms with Crippen molar-refractivity contribution in [1.29, 1.82) is 0 Å². The molecule has 1 amide bonds. The molecule has 0 aromatic heterocycles. The van der Waals surface area contributed by atoms with Crippen molar-refractivity contribution in [1.82, 2.24) is 10.6 Å². The summed E-state index contributed by atoms with van der Waals surface area (Å²) in [5.41, 5.74) is -0.512. The second-order valence-electron chi connectivity index (χ2n) is 5.18. The number of nitrogens with one attached hydrogen (secondary N) is 2. The van der Waals surface area contributed by atoms with Crippen molar-refractivity contribution in [2.75, 3.05) is 0 Å². The van der Waals surface area contributed by atoms with Crippen LogP contribution in [0.25, 0.3) is 0 Å². The van der Waals surface area contributed by atoms with Gasteiger partial charge in [-0.2, -0.15) is 0 Å². The zero-order chi connectivity index (χ0) is 12.3. The first-order chi connectivity index (χ1) is 8.22. The van der Waals surface area contributed by atoms with E-state index in [1.54, 1.807) is 0 Å². The number of hydrogen-bond acceptors (Lipinski definition) is 2. The Morgan fingerprint density at radius 1 is 1.18 bits per heavy atom. The van der Waals surface area contributed by atoms with E-state index in [0.29, 0.717) is 24.9 Å². The largest absolute Gasteiger partial charge is 0.350 e. The number of fused-ring (bicyclic) bond motifs is 1. The van der Waals surface area contributed by atoms with E-state index < -0.39 is 5.54 Å². The zero-order valence-corrected chi connectivity index (χ0v) is 10.4. The highest BCUT2D eigenvalue weighted by Crippen LogP contribution is 2.29. The van der Waals surface area contributed by atoms with Crippen molar-refractivity contribution in [2.24, 2.45) is 0 Å². The Balaban J connectivity index is 2.17. The lowest BCUT2D eigenvalue weighted by Gasteiger charge is -2.46. The van der Waals surface area contributed by atoms with E-state index in [4.69, 9.17) is 0 Å². The third-order valence-electron chi connectivity index (χ3n) is 3.96. The second kappa shape index (κ2) is 5.05. The highest BCUT2D eigenvalue weighted by atomic mass is 16.2. The quantitative estimate of drug-likeness (QED) is 0.730. The van der Waals surface area contributed by atoms with Crippen LogP contribution in [-0.4, -0.2) is 23.5 Å². The van der Waals surface area contributed by atoms with E-state index in [2.05, 4.69) is 23.8 Å². The molecule has 94 valence electrons. The van der Waals surface area contributed by atoms with Crippen LogP contribution in [-0.2, 0) is 4.79 Å². The lowest BCUT2D eigenvalue weighted by Crippen LogP contribution is -2.71. The van der Waals surface area contributed by atoms with Crippen LogP contribution < -0.4 is 10.6 Å². The van der Waals surface area contributed by atoms with Gasteiger partial charge in [-0.05, 0) is 25.7 Å². The summed E-state index contributed by atoms with van der Waals surface area (Å²) in [6, 6.07) is 0.736. The third-order valence-corrected chi connectivity index (χ3v) is 3.96. The first-order valence-corrected chi connectivity index (χ1v) is 6.52. The van der Waals surface area contributed by atoms with E-state index in [-0.39, 0.29) is 5.91 Å². The van der Waals surface area contributed by atoms with Gasteiger partial charge in [-0.25, -0.2) is 0 Å². The van der Waals surface area contributed by atoms with Crippen LogP contribution in [0.3, 0.4) is 0 Å². The predicted molar refractivity (Wildman–Crippen MR) is 69.7 cm³/mol. The fourth-order valence-corrected chi connectivity index (χ4v) is 3.08. The van der Waals surface area contributed by atoms with Crippen molar-refractivity contribution in [2.45, 2.75) is 56.1 Å². The van der Waals surface area contributed by atoms with E-state index in [1.807, 2.05) is 12.2 Å². The maximum atomic E-state index is 12.3. The van der Waals surface area contributed by atoms with Gasteiger partial charge in [0.2, 0.25) is 5.91 Å². The molecule has 1 aliphatic heterocycles. The molecular formula is C14H22N2O. The lowest BCUT2D eigenvalue weighted by atomic mass is 9.80. The van der Waals surface area contributed by atoms with Gasteiger partial charge in [0.15, 0.2) is 0 Å². The summed E-state index contributed by atoms with van der Waals surface area (Å²) in [6.07, 6.45) is 9.69. The normalized spacial score (nSPS) is 31.2. The smallest absolute Gasteiger partial charge is 0.241 e. The molecule has 1 aliphatic carbocycles. The maximum absolute atomic E-state index is 12.3. The number of rotatable bonds is 4. The molecule has 1 saturated heterocycles. The van der Waals surface area contributed by atoms with Crippen LogP contribution in [0.2, 0.25) is 0 Å². The van der Waals surface area contributed by atoms with Gasteiger partial charge >= 0.3 is 0 Å². The SMILES string of the molecule is C=CCC1(CC=C)N[C@H]2CCCC[C@@H]2NC1=O. The molecular weight excluding hydrogens is 212 g/mol. The van der Waals surface area contributed by atoms with E-state index in [0.717, 1.165) is 12.8 Å². The Morgan fingerprint density at radius 2 is 1.76 bits per heavy atom. The number of hydrogen-bond donors (Lipinski definition) is 2. The second-order valence-corrected chi connectivity index (χ2v) is 5.18. The van der Waals surface area contributed by atoms with Crippen LogP contribution in [0.1, 0.15) is 38.5 Å². The van der Waals surface area contributed by atoms with Gasteiger partial charge in [-0.3, -0.25) is 10.1 Å². The van der Waals surface area contributed by atoms with Gasteiger partial charge in [0.25, 0.3) is 0 Å². The molecule has 2 aliphatic rings. The van der Waals surface area contributed by atoms with Gasteiger partial charge in [0.1, 0.15) is 5.54 Å². The predicted octanol–water partition coefficient (Wildman–Crippen LogP) is 1.91. The molecule has 2 rings (SSSR count). The highest BCUT2D eigenvalue weighted by molar-refractivity contribution is 5.88. The fourth-order valence-electron chi connectivity index (χ4n) is 3.08. The highest BCUT2D eigenvalue weighted by Gasteiger charge is 2.45. The number of carbonyl (C=O) groups excluding carboxylic acids is 1. The van der Waals surface area contributed by atoms with Crippen LogP contribution >= 0.6 is 0 Å². The fraction of sp³-hybridized carbons (Fsp3) is 0.643. The Kier molecular flexibility index (Phi) is 3.67. The summed E-state index contributed by atoms with van der Waals surface area (Å²) < 4.78 is 0. The molecule has 2 fully saturated rings. The standard InChI is InChI=1S/C14H22N2O/c1-3-9-14(10-4-2)13(17)15-11-7-5-6-8-12(11)16-14/h3-4,11-12,16H,1-2,5-10H2,(H,15,17)/t11-,12-/m0/s1. The summed E-state index contributed by atoms with van der Waals surface area (Å²) in [4.78, 5) is 12.3. The Morgan fingerprint density at radius 3 is 2.35 bits per heavy atom. The third kappa shape index (κ3) is 2.29. The first kappa shape index (κ1) is 12.4. The maximum Gasteiger partial charge on any atom is 0.241 e. The minimum atomic E-state index is -0.512.